The zero-order valence-corrected chi connectivity index (χ0v) is 7.53. The molecule has 1 aromatic heterocycles. The standard InChI is InChI=1S/C6H7N.C2H6O.CH2O/c1-6-4-2-3-5-7-6;1-2-3;1-2/h2-5H,1H3;3H,2H2,1H3;1H2. The third-order valence-corrected chi connectivity index (χ3v) is 0.813. The number of carbonyl (C=O) groups excluding carboxylic acids is 1. The Morgan fingerprint density at radius 2 is 2.00 bits per heavy atom. The van der Waals surface area contributed by atoms with Gasteiger partial charge in [0.1, 0.15) is 6.79 Å². The Labute approximate surface area is 73.1 Å². The lowest BCUT2D eigenvalue weighted by atomic mass is 10.4. The van der Waals surface area contributed by atoms with Crippen molar-refractivity contribution in [1.82, 2.24) is 4.98 Å². The molecule has 0 amide bonds. The van der Waals surface area contributed by atoms with Crippen LogP contribution in [0.1, 0.15) is 12.6 Å². The fourth-order valence-corrected chi connectivity index (χ4v) is 0.448. The number of carbonyl (C=O) groups is 1. The number of aryl methyl sites for hydroxylation is 1. The maximum atomic E-state index is 8.00. The molecule has 1 heterocycles. The van der Waals surface area contributed by atoms with E-state index in [0.717, 1.165) is 5.69 Å². The molecule has 68 valence electrons. The van der Waals surface area contributed by atoms with Crippen LogP contribution < -0.4 is 0 Å². The minimum Gasteiger partial charge on any atom is -0.397 e. The molecule has 3 nitrogen and oxygen atoms in total. The Balaban J connectivity index is 0. The highest BCUT2D eigenvalue weighted by atomic mass is 16.2. The molecule has 0 bridgehead atoms. The summed E-state index contributed by atoms with van der Waals surface area (Å²) < 4.78 is 0. The highest BCUT2D eigenvalue weighted by molar-refractivity contribution is 5.11. The quantitative estimate of drug-likeness (QED) is 0.635. The molecular formula is C9H15NO2. The molecular weight excluding hydrogens is 154 g/mol. The van der Waals surface area contributed by atoms with Gasteiger partial charge in [0.15, 0.2) is 0 Å². The third kappa shape index (κ3) is 11.6. The van der Waals surface area contributed by atoms with Gasteiger partial charge in [-0.1, -0.05) is 6.07 Å². The molecule has 1 rings (SSSR count). The van der Waals surface area contributed by atoms with E-state index in [1.54, 1.807) is 13.1 Å². The molecule has 0 saturated heterocycles. The van der Waals surface area contributed by atoms with Crippen molar-refractivity contribution < 1.29 is 9.90 Å². The van der Waals surface area contributed by atoms with Crippen molar-refractivity contribution in [3.8, 4) is 0 Å². The Bertz CT molecular complexity index is 165. The maximum Gasteiger partial charge on any atom is 0.106 e. The third-order valence-electron chi connectivity index (χ3n) is 0.813. The lowest BCUT2D eigenvalue weighted by Crippen LogP contribution is -1.72. The van der Waals surface area contributed by atoms with Crippen LogP contribution in [0.5, 0.6) is 0 Å². The zero-order chi connectivity index (χ0) is 9.82. The number of aliphatic hydroxyl groups excluding tert-OH is 1. The van der Waals surface area contributed by atoms with Crippen LogP contribution >= 0.6 is 0 Å². The molecule has 12 heavy (non-hydrogen) atoms. The Hall–Kier alpha value is -1.22. The molecule has 1 N–H and O–H groups in total. The highest BCUT2D eigenvalue weighted by Gasteiger charge is 1.73. The van der Waals surface area contributed by atoms with Crippen LogP contribution in [0.25, 0.3) is 0 Å². The first kappa shape index (κ1) is 13.4. The van der Waals surface area contributed by atoms with Crippen molar-refractivity contribution >= 4 is 6.79 Å². The van der Waals surface area contributed by atoms with Gasteiger partial charge in [0.2, 0.25) is 0 Å². The smallest absolute Gasteiger partial charge is 0.106 e. The number of pyridine rings is 1. The number of nitrogens with zero attached hydrogens (tertiary/aromatic N) is 1. The van der Waals surface area contributed by atoms with Gasteiger partial charge in [-0.05, 0) is 26.0 Å². The second kappa shape index (κ2) is 12.5. The summed E-state index contributed by atoms with van der Waals surface area (Å²) in [4.78, 5) is 12.0. The summed E-state index contributed by atoms with van der Waals surface area (Å²) in [5.41, 5.74) is 1.07. The van der Waals surface area contributed by atoms with Gasteiger partial charge in [-0.15, -0.1) is 0 Å². The molecule has 0 aliphatic heterocycles. The monoisotopic (exact) mass is 169 g/mol. The van der Waals surface area contributed by atoms with Gasteiger partial charge in [-0.25, -0.2) is 0 Å². The Kier molecular flexibility index (Phi) is 13.9. The van der Waals surface area contributed by atoms with Crippen molar-refractivity contribution in [2.75, 3.05) is 6.61 Å². The predicted octanol–water partition coefficient (Wildman–Crippen LogP) is 1.20. The minimum atomic E-state index is 0.250. The van der Waals surface area contributed by atoms with E-state index in [0.29, 0.717) is 0 Å². The second-order valence-electron chi connectivity index (χ2n) is 1.79. The number of aliphatic hydroxyl groups is 1. The fraction of sp³-hybridized carbons (Fsp3) is 0.333. The van der Waals surface area contributed by atoms with Gasteiger partial charge >= 0.3 is 0 Å². The second-order valence-corrected chi connectivity index (χ2v) is 1.79. The largest absolute Gasteiger partial charge is 0.397 e. The normalized spacial score (nSPS) is 6.92. The lowest BCUT2D eigenvalue weighted by Gasteiger charge is -1.82. The number of hydrogen-bond acceptors (Lipinski definition) is 3. The molecule has 0 fully saturated rings. The number of aromatic nitrogens is 1. The first-order valence-corrected chi connectivity index (χ1v) is 3.58. The number of rotatable bonds is 0. The summed E-state index contributed by atoms with van der Waals surface area (Å²) >= 11 is 0. The van der Waals surface area contributed by atoms with E-state index in [1.807, 2.05) is 31.9 Å². The van der Waals surface area contributed by atoms with Crippen LogP contribution in [0, 0.1) is 6.92 Å². The van der Waals surface area contributed by atoms with Crippen molar-refractivity contribution in [2.45, 2.75) is 13.8 Å². The molecule has 0 spiro atoms. The van der Waals surface area contributed by atoms with Crippen molar-refractivity contribution in [2.24, 2.45) is 0 Å². The van der Waals surface area contributed by atoms with Gasteiger partial charge in [0.05, 0.1) is 0 Å². The molecule has 0 aliphatic rings. The fourth-order valence-electron chi connectivity index (χ4n) is 0.448. The van der Waals surface area contributed by atoms with Crippen LogP contribution in [0.2, 0.25) is 0 Å². The summed E-state index contributed by atoms with van der Waals surface area (Å²) in [7, 11) is 0. The molecule has 0 saturated carbocycles. The summed E-state index contributed by atoms with van der Waals surface area (Å²) in [6.45, 7) is 5.90. The predicted molar refractivity (Wildman–Crippen MR) is 48.9 cm³/mol. The molecule has 0 radical (unpaired) electrons. The summed E-state index contributed by atoms with van der Waals surface area (Å²) in [5, 5.41) is 7.57. The summed E-state index contributed by atoms with van der Waals surface area (Å²) in [5.74, 6) is 0. The average Bonchev–Trinajstić information content (AvgIpc) is 2.11. The van der Waals surface area contributed by atoms with Crippen molar-refractivity contribution in [3.63, 3.8) is 0 Å². The molecule has 0 atom stereocenters. The topological polar surface area (TPSA) is 50.2 Å². The molecule has 3 heteroatoms. The molecule has 0 unspecified atom stereocenters. The van der Waals surface area contributed by atoms with Crippen LogP contribution in [0.3, 0.4) is 0 Å². The number of hydrogen-bond donors (Lipinski definition) is 1. The lowest BCUT2D eigenvalue weighted by molar-refractivity contribution is -0.0979. The van der Waals surface area contributed by atoms with E-state index in [4.69, 9.17) is 9.90 Å². The average molecular weight is 169 g/mol. The summed E-state index contributed by atoms with van der Waals surface area (Å²) in [6.07, 6.45) is 1.79. The first-order valence-electron chi connectivity index (χ1n) is 3.58. The maximum absolute atomic E-state index is 8.00. The zero-order valence-electron chi connectivity index (χ0n) is 7.53. The van der Waals surface area contributed by atoms with E-state index < -0.39 is 0 Å². The van der Waals surface area contributed by atoms with Crippen molar-refractivity contribution in [1.29, 1.82) is 0 Å². The first-order chi connectivity index (χ1) is 5.81. The van der Waals surface area contributed by atoms with Crippen LogP contribution in [0.4, 0.5) is 0 Å². The van der Waals surface area contributed by atoms with E-state index >= 15 is 0 Å². The minimum absolute atomic E-state index is 0.250. The van der Waals surface area contributed by atoms with E-state index in [1.165, 1.54) is 0 Å². The van der Waals surface area contributed by atoms with Crippen LogP contribution in [-0.2, 0) is 4.79 Å². The Morgan fingerprint density at radius 1 is 1.50 bits per heavy atom. The highest BCUT2D eigenvalue weighted by Crippen LogP contribution is 1.85. The van der Waals surface area contributed by atoms with Gasteiger partial charge < -0.3 is 9.90 Å². The molecule has 0 aliphatic carbocycles. The van der Waals surface area contributed by atoms with E-state index in [-0.39, 0.29) is 6.61 Å². The van der Waals surface area contributed by atoms with Crippen LogP contribution in [-0.4, -0.2) is 23.5 Å². The van der Waals surface area contributed by atoms with Gasteiger partial charge in [0.25, 0.3) is 0 Å². The summed E-state index contributed by atoms with van der Waals surface area (Å²) in [6, 6.07) is 5.86. The Morgan fingerprint density at radius 3 is 2.17 bits per heavy atom. The van der Waals surface area contributed by atoms with E-state index in [9.17, 15) is 0 Å². The van der Waals surface area contributed by atoms with Gasteiger partial charge in [-0.3, -0.25) is 4.98 Å². The molecule has 1 aromatic rings. The van der Waals surface area contributed by atoms with Crippen LogP contribution in [0.15, 0.2) is 24.4 Å². The van der Waals surface area contributed by atoms with Gasteiger partial charge in [-0.2, -0.15) is 0 Å². The van der Waals surface area contributed by atoms with Crippen molar-refractivity contribution in [3.05, 3.63) is 30.1 Å². The van der Waals surface area contributed by atoms with E-state index in [2.05, 4.69) is 4.98 Å². The van der Waals surface area contributed by atoms with Gasteiger partial charge in [0, 0.05) is 18.5 Å². The molecule has 0 aromatic carbocycles. The SMILES string of the molecule is C=O.CCO.Cc1ccccn1.